The van der Waals surface area contributed by atoms with Gasteiger partial charge in [-0.25, -0.2) is 0 Å². The summed E-state index contributed by atoms with van der Waals surface area (Å²) in [4.78, 5) is 1.45. The molecular formula is C17H18ClNS. The van der Waals surface area contributed by atoms with Crippen molar-refractivity contribution >= 4 is 23.4 Å². The van der Waals surface area contributed by atoms with E-state index in [9.17, 15) is 0 Å². The molecule has 1 unspecified atom stereocenters. The minimum Gasteiger partial charge on any atom is -0.312 e. The molecule has 1 atom stereocenters. The van der Waals surface area contributed by atoms with Gasteiger partial charge in [-0.3, -0.25) is 0 Å². The molecule has 2 aromatic carbocycles. The van der Waals surface area contributed by atoms with E-state index in [0.29, 0.717) is 11.1 Å². The largest absolute Gasteiger partial charge is 0.312 e. The highest BCUT2D eigenvalue weighted by Gasteiger charge is 2.20. The van der Waals surface area contributed by atoms with E-state index in [2.05, 4.69) is 53.8 Å². The number of nitrogens with one attached hydrogen (secondary N) is 1. The van der Waals surface area contributed by atoms with E-state index in [1.54, 1.807) is 0 Å². The molecular weight excluding hydrogens is 286 g/mol. The summed E-state index contributed by atoms with van der Waals surface area (Å²) in [6, 6.07) is 17.2. The third-order valence-electron chi connectivity index (χ3n) is 3.59. The molecule has 0 fully saturated rings. The number of rotatable bonds is 5. The first-order valence-corrected chi connectivity index (χ1v) is 8.35. The molecule has 1 N–H and O–H groups in total. The molecule has 0 saturated heterocycles. The van der Waals surface area contributed by atoms with Gasteiger partial charge in [0, 0.05) is 29.1 Å². The molecule has 0 spiro atoms. The number of thioether (sulfide) groups is 1. The predicted molar refractivity (Wildman–Crippen MR) is 87.5 cm³/mol. The molecule has 2 aromatic rings. The van der Waals surface area contributed by atoms with Crippen molar-refractivity contribution in [2.45, 2.75) is 29.0 Å². The second kappa shape index (κ2) is 6.66. The highest BCUT2D eigenvalue weighted by atomic mass is 35.5. The lowest BCUT2D eigenvalue weighted by atomic mass is 10.1. The van der Waals surface area contributed by atoms with Crippen molar-refractivity contribution in [1.29, 1.82) is 0 Å². The van der Waals surface area contributed by atoms with E-state index in [1.807, 2.05) is 11.8 Å². The number of benzene rings is 2. The van der Waals surface area contributed by atoms with Gasteiger partial charge in [0.2, 0.25) is 0 Å². The molecule has 1 nitrogen and oxygen atoms in total. The van der Waals surface area contributed by atoms with Crippen LogP contribution in [-0.4, -0.2) is 11.8 Å². The van der Waals surface area contributed by atoms with Gasteiger partial charge in [0.1, 0.15) is 0 Å². The summed E-state index contributed by atoms with van der Waals surface area (Å²) < 4.78 is 0. The standard InChI is InChI=1S/C17H18ClNS/c18-10-13-5-7-14(8-6-13)11-19-12-16-9-15-3-1-2-4-17(15)20-16/h1-8,16,19H,9-12H2. The Morgan fingerprint density at radius 1 is 1.05 bits per heavy atom. The van der Waals surface area contributed by atoms with E-state index in [1.165, 1.54) is 28.0 Å². The summed E-state index contributed by atoms with van der Waals surface area (Å²) in [6.45, 7) is 1.98. The van der Waals surface area contributed by atoms with E-state index in [-0.39, 0.29) is 0 Å². The predicted octanol–water partition coefficient (Wildman–Crippen LogP) is 4.23. The maximum Gasteiger partial charge on any atom is 0.0474 e. The highest BCUT2D eigenvalue weighted by molar-refractivity contribution is 8.00. The minimum atomic E-state index is 0.588. The van der Waals surface area contributed by atoms with E-state index < -0.39 is 0 Å². The van der Waals surface area contributed by atoms with Crippen molar-refractivity contribution in [3.05, 3.63) is 65.2 Å². The van der Waals surface area contributed by atoms with Gasteiger partial charge in [-0.05, 0) is 29.2 Å². The smallest absolute Gasteiger partial charge is 0.0474 e. The van der Waals surface area contributed by atoms with Crippen LogP contribution in [0.2, 0.25) is 0 Å². The molecule has 0 aromatic heterocycles. The summed E-state index contributed by atoms with van der Waals surface area (Å²) in [7, 11) is 0. The van der Waals surface area contributed by atoms with Crippen molar-refractivity contribution in [3.8, 4) is 0 Å². The van der Waals surface area contributed by atoms with Crippen molar-refractivity contribution in [2.24, 2.45) is 0 Å². The SMILES string of the molecule is ClCc1ccc(CNCC2Cc3ccccc3S2)cc1. The Morgan fingerprint density at radius 2 is 1.80 bits per heavy atom. The first-order valence-electron chi connectivity index (χ1n) is 6.94. The summed E-state index contributed by atoms with van der Waals surface area (Å²) >= 11 is 7.79. The molecule has 0 radical (unpaired) electrons. The number of fused-ring (bicyclic) bond motifs is 1. The van der Waals surface area contributed by atoms with Gasteiger partial charge < -0.3 is 5.32 Å². The van der Waals surface area contributed by atoms with Crippen LogP contribution in [0.15, 0.2) is 53.4 Å². The van der Waals surface area contributed by atoms with Crippen molar-refractivity contribution in [3.63, 3.8) is 0 Å². The fourth-order valence-corrected chi connectivity index (χ4v) is 3.95. The Kier molecular flexibility index (Phi) is 4.66. The number of hydrogen-bond donors (Lipinski definition) is 1. The maximum atomic E-state index is 5.80. The topological polar surface area (TPSA) is 12.0 Å². The van der Waals surface area contributed by atoms with Gasteiger partial charge in [0.15, 0.2) is 0 Å². The molecule has 3 heteroatoms. The van der Waals surface area contributed by atoms with Gasteiger partial charge >= 0.3 is 0 Å². The zero-order chi connectivity index (χ0) is 13.8. The molecule has 0 aliphatic carbocycles. The Morgan fingerprint density at radius 3 is 2.55 bits per heavy atom. The zero-order valence-electron chi connectivity index (χ0n) is 11.3. The molecule has 0 bridgehead atoms. The van der Waals surface area contributed by atoms with Crippen molar-refractivity contribution in [1.82, 2.24) is 5.32 Å². The molecule has 1 aliphatic rings. The third-order valence-corrected chi connectivity index (χ3v) is 5.22. The molecule has 3 rings (SSSR count). The first-order chi connectivity index (χ1) is 9.85. The van der Waals surface area contributed by atoms with Gasteiger partial charge in [-0.2, -0.15) is 0 Å². The van der Waals surface area contributed by atoms with Crippen LogP contribution < -0.4 is 5.32 Å². The Balaban J connectivity index is 1.47. The lowest BCUT2D eigenvalue weighted by Gasteiger charge is -2.10. The number of halogens is 1. The van der Waals surface area contributed by atoms with E-state index >= 15 is 0 Å². The average Bonchev–Trinajstić information content (AvgIpc) is 2.90. The van der Waals surface area contributed by atoms with Crippen molar-refractivity contribution < 1.29 is 0 Å². The maximum absolute atomic E-state index is 5.80. The molecule has 0 amide bonds. The highest BCUT2D eigenvalue weighted by Crippen LogP contribution is 2.36. The van der Waals surface area contributed by atoms with Crippen LogP contribution in [-0.2, 0) is 18.8 Å². The van der Waals surface area contributed by atoms with Crippen LogP contribution in [0, 0.1) is 0 Å². The Bertz CT molecular complexity index is 542. The van der Waals surface area contributed by atoms with E-state index in [0.717, 1.165) is 13.1 Å². The average molecular weight is 304 g/mol. The molecule has 1 heterocycles. The second-order valence-electron chi connectivity index (χ2n) is 5.13. The van der Waals surface area contributed by atoms with Crippen LogP contribution in [0.1, 0.15) is 16.7 Å². The quantitative estimate of drug-likeness (QED) is 0.830. The Hall–Kier alpha value is -0.960. The van der Waals surface area contributed by atoms with E-state index in [4.69, 9.17) is 11.6 Å². The zero-order valence-corrected chi connectivity index (χ0v) is 12.9. The van der Waals surface area contributed by atoms with Crippen LogP contribution in [0.3, 0.4) is 0 Å². The minimum absolute atomic E-state index is 0.588. The molecule has 1 aliphatic heterocycles. The molecule has 20 heavy (non-hydrogen) atoms. The fraction of sp³-hybridized carbons (Fsp3) is 0.294. The van der Waals surface area contributed by atoms with Crippen LogP contribution in [0.25, 0.3) is 0 Å². The normalized spacial score (nSPS) is 17.1. The van der Waals surface area contributed by atoms with Gasteiger partial charge in [-0.15, -0.1) is 23.4 Å². The van der Waals surface area contributed by atoms with Crippen molar-refractivity contribution in [2.75, 3.05) is 6.54 Å². The lowest BCUT2D eigenvalue weighted by Crippen LogP contribution is -2.23. The van der Waals surface area contributed by atoms with Crippen LogP contribution >= 0.6 is 23.4 Å². The summed E-state index contributed by atoms with van der Waals surface area (Å²) in [5, 5.41) is 4.22. The Labute approximate surface area is 129 Å². The van der Waals surface area contributed by atoms with Crippen LogP contribution in [0.4, 0.5) is 0 Å². The monoisotopic (exact) mass is 303 g/mol. The van der Waals surface area contributed by atoms with Gasteiger partial charge in [0.25, 0.3) is 0 Å². The van der Waals surface area contributed by atoms with Crippen LogP contribution in [0.5, 0.6) is 0 Å². The fourth-order valence-electron chi connectivity index (χ4n) is 2.49. The summed E-state index contributed by atoms with van der Waals surface area (Å²) in [5.74, 6) is 0.588. The van der Waals surface area contributed by atoms with Gasteiger partial charge in [0.05, 0.1) is 0 Å². The summed E-state index contributed by atoms with van der Waals surface area (Å²) in [5.41, 5.74) is 3.99. The molecule has 104 valence electrons. The second-order valence-corrected chi connectivity index (χ2v) is 6.74. The number of hydrogen-bond acceptors (Lipinski definition) is 2. The number of alkyl halides is 1. The first kappa shape index (κ1) is 14.0. The molecule has 0 saturated carbocycles. The summed E-state index contributed by atoms with van der Waals surface area (Å²) in [6.07, 6.45) is 1.18. The van der Waals surface area contributed by atoms with Gasteiger partial charge in [-0.1, -0.05) is 42.5 Å². The lowest BCUT2D eigenvalue weighted by molar-refractivity contribution is 0.665. The third kappa shape index (κ3) is 3.38.